The van der Waals surface area contributed by atoms with Gasteiger partial charge in [0.15, 0.2) is 0 Å². The van der Waals surface area contributed by atoms with Crippen molar-refractivity contribution in [2.45, 2.75) is 38.4 Å². The number of amides is 2. The summed E-state index contributed by atoms with van der Waals surface area (Å²) in [6.45, 7) is 1.51. The van der Waals surface area contributed by atoms with Crippen LogP contribution >= 0.6 is 15.9 Å². The summed E-state index contributed by atoms with van der Waals surface area (Å²) in [6, 6.07) is 13.7. The van der Waals surface area contributed by atoms with E-state index in [1.165, 1.54) is 36.8 Å². The van der Waals surface area contributed by atoms with Gasteiger partial charge < -0.3 is 10.6 Å². The quantitative estimate of drug-likeness (QED) is 0.365. The first-order chi connectivity index (χ1) is 17.1. The summed E-state index contributed by atoms with van der Waals surface area (Å²) in [7, 11) is 0.500. The first-order valence-corrected chi connectivity index (χ1v) is 11.8. The van der Waals surface area contributed by atoms with Gasteiger partial charge in [-0.2, -0.15) is 13.2 Å². The average molecular weight is 566 g/mol. The molecule has 10 heteroatoms. The van der Waals surface area contributed by atoms with Crippen LogP contribution in [-0.2, 0) is 19.0 Å². The molecule has 36 heavy (non-hydrogen) atoms. The van der Waals surface area contributed by atoms with Crippen molar-refractivity contribution in [3.63, 3.8) is 0 Å². The lowest BCUT2D eigenvalue weighted by atomic mass is 9.88. The zero-order valence-corrected chi connectivity index (χ0v) is 21.1. The first kappa shape index (κ1) is 27.3. The third-order valence-corrected chi connectivity index (χ3v) is 6.38. The summed E-state index contributed by atoms with van der Waals surface area (Å²) in [5.41, 5.74) is 1.90. The molecule has 0 fully saturated rings. The number of alkyl halides is 4. The van der Waals surface area contributed by atoms with Crippen LogP contribution in [0.25, 0.3) is 0 Å². The highest BCUT2D eigenvalue weighted by atomic mass is 79.9. The minimum atomic E-state index is -4.53. The Balaban J connectivity index is 0.00000176. The minimum absolute atomic E-state index is 0.000396. The lowest BCUT2D eigenvalue weighted by molar-refractivity contribution is -0.137. The molecule has 1 aromatic heterocycles. The van der Waals surface area contributed by atoms with Crippen molar-refractivity contribution in [2.24, 2.45) is 0 Å². The van der Waals surface area contributed by atoms with Crippen molar-refractivity contribution < 1.29 is 27.2 Å². The Morgan fingerprint density at radius 2 is 1.67 bits per heavy atom. The van der Waals surface area contributed by atoms with E-state index in [4.69, 9.17) is 0 Å². The normalized spacial score (nSPS) is 14.7. The number of pyridine rings is 1. The maximum atomic E-state index is 13.1. The number of hydrogen-bond donors (Lipinski definition) is 2. The van der Waals surface area contributed by atoms with Crippen LogP contribution in [0.5, 0.6) is 0 Å². The Morgan fingerprint density at radius 1 is 1.00 bits per heavy atom. The molecular formula is C26H24BrF4N3O2. The molecule has 0 saturated heterocycles. The molecule has 1 unspecified atom stereocenters. The smallest absolute Gasteiger partial charge is 0.348 e. The lowest BCUT2D eigenvalue weighted by Crippen LogP contribution is -2.39. The standard InChI is InChI=1S/C25H21BrF3N3O2.CH3F/c1-14-10-16(25(27,28)29)12-18(11-14)31-24(34)22-7-3-6-21(32-22)23(33)30-17-9-8-15-4-2-5-20(26)19(15)13-17;1-2/h2-7,10-12,17H,8-9,13H2,1H3,(H,30,33)(H,31,34);1H3. The molecular weight excluding hydrogens is 542 g/mol. The largest absolute Gasteiger partial charge is 0.416 e. The van der Waals surface area contributed by atoms with Crippen molar-refractivity contribution in [2.75, 3.05) is 12.5 Å². The molecule has 3 aromatic rings. The summed E-state index contributed by atoms with van der Waals surface area (Å²) < 4.78 is 49.7. The lowest BCUT2D eigenvalue weighted by Gasteiger charge is -2.26. The van der Waals surface area contributed by atoms with Gasteiger partial charge in [-0.15, -0.1) is 0 Å². The molecule has 2 N–H and O–H groups in total. The maximum absolute atomic E-state index is 13.1. The van der Waals surface area contributed by atoms with E-state index in [2.05, 4.69) is 37.6 Å². The summed E-state index contributed by atoms with van der Waals surface area (Å²) in [6.07, 6.45) is -2.23. The van der Waals surface area contributed by atoms with Gasteiger partial charge in [-0.05, 0) is 79.3 Å². The van der Waals surface area contributed by atoms with Crippen molar-refractivity contribution >= 4 is 33.4 Å². The zero-order chi connectivity index (χ0) is 26.5. The fourth-order valence-electron chi connectivity index (χ4n) is 4.03. The Hall–Kier alpha value is -3.27. The van der Waals surface area contributed by atoms with Gasteiger partial charge in [0.05, 0.1) is 12.7 Å². The maximum Gasteiger partial charge on any atom is 0.416 e. The van der Waals surface area contributed by atoms with Crippen molar-refractivity contribution in [3.8, 4) is 0 Å². The van der Waals surface area contributed by atoms with Crippen LogP contribution in [0, 0.1) is 6.92 Å². The van der Waals surface area contributed by atoms with E-state index < -0.39 is 23.6 Å². The molecule has 0 bridgehead atoms. The van der Waals surface area contributed by atoms with E-state index in [-0.39, 0.29) is 23.1 Å². The van der Waals surface area contributed by atoms with Gasteiger partial charge >= 0.3 is 6.18 Å². The predicted octanol–water partition coefficient (Wildman–Crippen LogP) is 6.30. The van der Waals surface area contributed by atoms with Crippen LogP contribution in [-0.4, -0.2) is 30.0 Å². The number of carbonyl (C=O) groups excluding carboxylic acids is 2. The number of hydrogen-bond acceptors (Lipinski definition) is 3. The number of halogens is 5. The molecule has 1 heterocycles. The second-order valence-corrected chi connectivity index (χ2v) is 9.09. The van der Waals surface area contributed by atoms with E-state index in [1.54, 1.807) is 0 Å². The molecule has 0 spiro atoms. The Labute approximate surface area is 214 Å². The fourth-order valence-corrected chi connectivity index (χ4v) is 4.60. The van der Waals surface area contributed by atoms with E-state index >= 15 is 0 Å². The fraction of sp³-hybridized carbons (Fsp3) is 0.269. The van der Waals surface area contributed by atoms with Gasteiger partial charge in [0.2, 0.25) is 0 Å². The number of rotatable bonds is 4. The molecule has 0 aliphatic heterocycles. The summed E-state index contributed by atoms with van der Waals surface area (Å²) in [4.78, 5) is 29.6. The highest BCUT2D eigenvalue weighted by molar-refractivity contribution is 9.10. The van der Waals surface area contributed by atoms with Crippen LogP contribution in [0.2, 0.25) is 0 Å². The number of nitrogens with one attached hydrogen (secondary N) is 2. The van der Waals surface area contributed by atoms with Gasteiger partial charge in [-0.1, -0.05) is 34.1 Å². The molecule has 5 nitrogen and oxygen atoms in total. The number of aryl methyl sites for hydroxylation is 2. The first-order valence-electron chi connectivity index (χ1n) is 11.0. The molecule has 4 rings (SSSR count). The second-order valence-electron chi connectivity index (χ2n) is 8.24. The second kappa shape index (κ2) is 11.6. The van der Waals surface area contributed by atoms with Crippen LogP contribution in [0.1, 0.15) is 49.7 Å². The van der Waals surface area contributed by atoms with Gasteiger partial charge in [-0.25, -0.2) is 4.98 Å². The minimum Gasteiger partial charge on any atom is -0.348 e. The topological polar surface area (TPSA) is 71.1 Å². The SMILES string of the molecule is CF.Cc1cc(NC(=O)c2cccc(C(=O)NC3CCc4cccc(Br)c4C3)n2)cc(C(F)(F)F)c1. The third-order valence-electron chi connectivity index (χ3n) is 5.64. The van der Waals surface area contributed by atoms with Crippen molar-refractivity contribution in [1.82, 2.24) is 10.3 Å². The zero-order valence-electron chi connectivity index (χ0n) is 19.5. The number of fused-ring (bicyclic) bond motifs is 1. The Bertz CT molecular complexity index is 1260. The predicted molar refractivity (Wildman–Crippen MR) is 133 cm³/mol. The average Bonchev–Trinajstić information content (AvgIpc) is 2.85. The molecule has 190 valence electrons. The molecule has 2 amide bonds. The van der Waals surface area contributed by atoms with E-state index in [1.807, 2.05) is 12.1 Å². The summed E-state index contributed by atoms with van der Waals surface area (Å²) in [5, 5.41) is 5.41. The molecule has 0 saturated carbocycles. The van der Waals surface area contributed by atoms with Gasteiger partial charge in [0.1, 0.15) is 11.4 Å². The number of nitrogens with zero attached hydrogens (tertiary/aromatic N) is 1. The number of aromatic nitrogens is 1. The van der Waals surface area contributed by atoms with Crippen LogP contribution < -0.4 is 10.6 Å². The van der Waals surface area contributed by atoms with E-state index in [9.17, 15) is 27.2 Å². The Morgan fingerprint density at radius 3 is 2.36 bits per heavy atom. The molecule has 1 atom stereocenters. The highest BCUT2D eigenvalue weighted by Gasteiger charge is 2.31. The molecule has 2 aromatic carbocycles. The van der Waals surface area contributed by atoms with E-state index in [0.717, 1.165) is 35.0 Å². The van der Waals surface area contributed by atoms with Gasteiger partial charge in [0.25, 0.3) is 11.8 Å². The van der Waals surface area contributed by atoms with Crippen molar-refractivity contribution in [3.05, 3.63) is 92.7 Å². The molecule has 1 aliphatic carbocycles. The summed E-state index contributed by atoms with van der Waals surface area (Å²) >= 11 is 3.56. The molecule has 1 aliphatic rings. The summed E-state index contributed by atoms with van der Waals surface area (Å²) in [5.74, 6) is -1.12. The monoisotopic (exact) mass is 565 g/mol. The van der Waals surface area contributed by atoms with Gasteiger partial charge in [0, 0.05) is 16.2 Å². The number of carbonyl (C=O) groups is 2. The molecule has 0 radical (unpaired) electrons. The Kier molecular flexibility index (Phi) is 8.84. The van der Waals surface area contributed by atoms with Gasteiger partial charge in [-0.3, -0.25) is 14.0 Å². The van der Waals surface area contributed by atoms with Crippen LogP contribution in [0.3, 0.4) is 0 Å². The highest BCUT2D eigenvalue weighted by Crippen LogP contribution is 2.32. The number of anilines is 1. The van der Waals surface area contributed by atoms with Crippen LogP contribution in [0.4, 0.5) is 23.2 Å². The van der Waals surface area contributed by atoms with E-state index in [0.29, 0.717) is 19.2 Å². The number of benzene rings is 2. The van der Waals surface area contributed by atoms with Crippen LogP contribution in [0.15, 0.2) is 59.1 Å². The van der Waals surface area contributed by atoms with Crippen molar-refractivity contribution in [1.29, 1.82) is 0 Å². The third kappa shape index (κ3) is 6.69.